The fraction of sp³-hybridized carbons (Fsp3) is 0.333. The Hall–Kier alpha value is -1.65. The molecule has 8 nitrogen and oxygen atoms in total. The van der Waals surface area contributed by atoms with Crippen LogP contribution in [0.3, 0.4) is 0 Å². The van der Waals surface area contributed by atoms with Gasteiger partial charge in [-0.25, -0.2) is 13.2 Å². The first-order chi connectivity index (χ1) is 10.1. The number of hydrogen-bond donors (Lipinski definition) is 4. The molecule has 4 N–H and O–H groups in total. The van der Waals surface area contributed by atoms with Crippen LogP contribution in [0.2, 0.25) is 0 Å². The average molecular weight is 392 g/mol. The largest absolute Gasteiger partial charge is 0.480 e. The van der Waals surface area contributed by atoms with Gasteiger partial charge in [-0.2, -0.15) is 4.72 Å². The van der Waals surface area contributed by atoms with Crippen LogP contribution in [0.1, 0.15) is 13.8 Å². The van der Waals surface area contributed by atoms with E-state index in [1.54, 1.807) is 13.8 Å². The van der Waals surface area contributed by atoms with Crippen LogP contribution in [0.4, 0.5) is 0 Å². The monoisotopic (exact) mass is 391 g/mol. The molecular formula is C12H14BrN3O5S. The van der Waals surface area contributed by atoms with Gasteiger partial charge in [0.2, 0.25) is 10.0 Å². The summed E-state index contributed by atoms with van der Waals surface area (Å²) in [6.45, 7) is 3.20. The van der Waals surface area contributed by atoms with E-state index in [4.69, 9.17) is 5.11 Å². The second kappa shape index (κ2) is 5.86. The zero-order valence-corrected chi connectivity index (χ0v) is 14.1. The Morgan fingerprint density at radius 1 is 1.27 bits per heavy atom. The van der Waals surface area contributed by atoms with E-state index in [0.29, 0.717) is 11.0 Å². The summed E-state index contributed by atoms with van der Waals surface area (Å²) in [4.78, 5) is 27.2. The molecule has 1 aromatic carbocycles. The number of aromatic amines is 2. The first-order valence-electron chi connectivity index (χ1n) is 6.28. The molecule has 0 fully saturated rings. The van der Waals surface area contributed by atoms with E-state index in [9.17, 15) is 18.0 Å². The Morgan fingerprint density at radius 2 is 1.82 bits per heavy atom. The summed E-state index contributed by atoms with van der Waals surface area (Å²) in [5.74, 6) is -1.69. The molecule has 2 aromatic rings. The van der Waals surface area contributed by atoms with Gasteiger partial charge < -0.3 is 15.1 Å². The maximum atomic E-state index is 12.4. The maximum Gasteiger partial charge on any atom is 0.323 e. The molecule has 0 amide bonds. The van der Waals surface area contributed by atoms with E-state index < -0.39 is 33.6 Å². The zero-order chi connectivity index (χ0) is 16.7. The predicted octanol–water partition coefficient (Wildman–Crippen LogP) is 1.01. The summed E-state index contributed by atoms with van der Waals surface area (Å²) >= 11 is 3.12. The topological polar surface area (TPSA) is 132 Å². The lowest BCUT2D eigenvalue weighted by molar-refractivity contribution is -0.140. The minimum atomic E-state index is -4.08. The van der Waals surface area contributed by atoms with Gasteiger partial charge in [-0.05, 0) is 34.0 Å². The predicted molar refractivity (Wildman–Crippen MR) is 83.2 cm³/mol. The summed E-state index contributed by atoms with van der Waals surface area (Å²) in [5, 5.41) is 9.11. The minimum Gasteiger partial charge on any atom is -0.480 e. The van der Waals surface area contributed by atoms with Crippen molar-refractivity contribution in [1.29, 1.82) is 0 Å². The molecule has 0 saturated heterocycles. The molecule has 22 heavy (non-hydrogen) atoms. The van der Waals surface area contributed by atoms with E-state index in [1.807, 2.05) is 0 Å². The summed E-state index contributed by atoms with van der Waals surface area (Å²) in [5.41, 5.74) is 0.287. The maximum absolute atomic E-state index is 12.4. The second-order valence-electron chi connectivity index (χ2n) is 5.09. The van der Waals surface area contributed by atoms with Gasteiger partial charge in [-0.3, -0.25) is 4.79 Å². The summed E-state index contributed by atoms with van der Waals surface area (Å²) in [6.07, 6.45) is 0. The lowest BCUT2D eigenvalue weighted by atomic mass is 10.1. The number of fused-ring (bicyclic) bond motifs is 1. The number of carbonyl (C=O) groups is 1. The summed E-state index contributed by atoms with van der Waals surface area (Å²) in [6, 6.07) is 1.45. The number of hydrogen-bond acceptors (Lipinski definition) is 4. The molecule has 10 heteroatoms. The molecular weight excluding hydrogens is 378 g/mol. The number of sulfonamides is 1. The van der Waals surface area contributed by atoms with Crippen LogP contribution < -0.4 is 10.4 Å². The first kappa shape index (κ1) is 16.7. The highest BCUT2D eigenvalue weighted by Crippen LogP contribution is 2.26. The Balaban J connectivity index is 2.51. The molecule has 0 saturated carbocycles. The normalized spacial score (nSPS) is 13.6. The molecule has 0 aliphatic rings. The van der Waals surface area contributed by atoms with Crippen molar-refractivity contribution < 1.29 is 18.3 Å². The third kappa shape index (κ3) is 3.23. The molecule has 2 rings (SSSR count). The van der Waals surface area contributed by atoms with E-state index in [2.05, 4.69) is 30.6 Å². The number of H-pyrrole nitrogens is 2. The van der Waals surface area contributed by atoms with Crippen LogP contribution in [0, 0.1) is 5.92 Å². The van der Waals surface area contributed by atoms with Crippen molar-refractivity contribution in [2.24, 2.45) is 5.92 Å². The van der Waals surface area contributed by atoms with Crippen LogP contribution in [0.25, 0.3) is 11.0 Å². The number of halogens is 1. The van der Waals surface area contributed by atoms with E-state index in [1.165, 1.54) is 12.1 Å². The lowest BCUT2D eigenvalue weighted by Gasteiger charge is -2.18. The number of aromatic nitrogens is 2. The Kier molecular flexibility index (Phi) is 4.45. The molecule has 1 heterocycles. The van der Waals surface area contributed by atoms with Gasteiger partial charge >= 0.3 is 11.7 Å². The van der Waals surface area contributed by atoms with Crippen molar-refractivity contribution in [1.82, 2.24) is 14.7 Å². The Bertz CT molecular complexity index is 884. The fourth-order valence-corrected chi connectivity index (χ4v) is 4.35. The summed E-state index contributed by atoms with van der Waals surface area (Å²) < 4.78 is 27.2. The van der Waals surface area contributed by atoms with Crippen molar-refractivity contribution in [3.05, 3.63) is 27.1 Å². The Morgan fingerprint density at radius 3 is 2.32 bits per heavy atom. The zero-order valence-electron chi connectivity index (χ0n) is 11.7. The highest BCUT2D eigenvalue weighted by Gasteiger charge is 2.29. The molecule has 0 bridgehead atoms. The molecule has 0 aliphatic carbocycles. The molecule has 120 valence electrons. The van der Waals surface area contributed by atoms with Gasteiger partial charge in [0.1, 0.15) is 6.04 Å². The third-order valence-electron chi connectivity index (χ3n) is 3.07. The summed E-state index contributed by atoms with van der Waals surface area (Å²) in [7, 11) is -4.08. The van der Waals surface area contributed by atoms with Gasteiger partial charge in [0, 0.05) is 4.47 Å². The van der Waals surface area contributed by atoms with Crippen molar-refractivity contribution in [2.75, 3.05) is 0 Å². The van der Waals surface area contributed by atoms with Gasteiger partial charge in [-0.15, -0.1) is 0 Å². The number of nitrogens with one attached hydrogen (secondary N) is 3. The van der Waals surface area contributed by atoms with Crippen LogP contribution in [0.5, 0.6) is 0 Å². The highest BCUT2D eigenvalue weighted by atomic mass is 79.9. The molecule has 0 unspecified atom stereocenters. The molecule has 1 atom stereocenters. The highest BCUT2D eigenvalue weighted by molar-refractivity contribution is 9.10. The van der Waals surface area contributed by atoms with E-state index in [-0.39, 0.29) is 9.37 Å². The quantitative estimate of drug-likeness (QED) is 0.603. The van der Waals surface area contributed by atoms with Gasteiger partial charge in [-0.1, -0.05) is 13.8 Å². The number of carboxylic acids is 1. The lowest BCUT2D eigenvalue weighted by Crippen LogP contribution is -2.44. The van der Waals surface area contributed by atoms with Gasteiger partial charge in [0.05, 0.1) is 15.9 Å². The number of benzene rings is 1. The van der Waals surface area contributed by atoms with Crippen LogP contribution in [0.15, 0.2) is 26.3 Å². The molecule has 0 aliphatic heterocycles. The van der Waals surface area contributed by atoms with Crippen LogP contribution in [-0.4, -0.2) is 35.5 Å². The molecule has 1 aromatic heterocycles. The van der Waals surface area contributed by atoms with Crippen molar-refractivity contribution in [2.45, 2.75) is 24.8 Å². The van der Waals surface area contributed by atoms with Crippen molar-refractivity contribution in [3.63, 3.8) is 0 Å². The van der Waals surface area contributed by atoms with Crippen LogP contribution in [-0.2, 0) is 14.8 Å². The van der Waals surface area contributed by atoms with E-state index in [0.717, 1.165) is 0 Å². The average Bonchev–Trinajstić information content (AvgIpc) is 2.73. The van der Waals surface area contributed by atoms with Gasteiger partial charge in [0.25, 0.3) is 0 Å². The fourth-order valence-electron chi connectivity index (χ4n) is 1.94. The van der Waals surface area contributed by atoms with Crippen molar-refractivity contribution in [3.8, 4) is 0 Å². The first-order valence-corrected chi connectivity index (χ1v) is 8.56. The smallest absolute Gasteiger partial charge is 0.323 e. The SMILES string of the molecule is CC(C)[C@@H](NS(=O)(=O)c1cc2[nH]c(=O)[nH]c2cc1Br)C(=O)O. The number of carboxylic acid groups (broad SMARTS) is 1. The van der Waals surface area contributed by atoms with Crippen LogP contribution >= 0.6 is 15.9 Å². The Labute approximate surface area is 134 Å². The number of imidazole rings is 1. The number of aliphatic carboxylic acids is 1. The molecule has 0 spiro atoms. The second-order valence-corrected chi connectivity index (χ2v) is 7.63. The third-order valence-corrected chi connectivity index (χ3v) is 5.47. The molecule has 0 radical (unpaired) electrons. The standard InChI is InChI=1S/C12H14BrN3O5S/c1-5(2)10(11(17)18)16-22(20,21)9-4-8-7(3-6(9)13)14-12(19)15-8/h3-5,10,16H,1-2H3,(H,17,18)(H2,14,15,19)/t10-/m1/s1. The van der Waals surface area contributed by atoms with Gasteiger partial charge in [0.15, 0.2) is 0 Å². The van der Waals surface area contributed by atoms with E-state index >= 15 is 0 Å². The van der Waals surface area contributed by atoms with Crippen molar-refractivity contribution >= 4 is 43.0 Å². The number of rotatable bonds is 5. The minimum absolute atomic E-state index is 0.151.